The number of anilines is 1. The molecule has 0 unspecified atom stereocenters. The number of hydrazone groups is 1. The first-order chi connectivity index (χ1) is 13.8. The van der Waals surface area contributed by atoms with Gasteiger partial charge in [0.1, 0.15) is 5.82 Å². The van der Waals surface area contributed by atoms with E-state index in [2.05, 4.69) is 15.5 Å². The molecule has 0 aliphatic carbocycles. The van der Waals surface area contributed by atoms with Crippen molar-refractivity contribution in [3.05, 3.63) is 102 Å². The maximum absolute atomic E-state index is 13.0. The summed E-state index contributed by atoms with van der Waals surface area (Å²) in [7, 11) is 0. The van der Waals surface area contributed by atoms with Gasteiger partial charge in [-0.1, -0.05) is 72.8 Å². The predicted octanol–water partition coefficient (Wildman–Crippen LogP) is 5.40. The van der Waals surface area contributed by atoms with Gasteiger partial charge in [-0.25, -0.2) is 14.4 Å². The molecule has 1 N–H and O–H groups in total. The van der Waals surface area contributed by atoms with Crippen molar-refractivity contribution in [3.63, 3.8) is 0 Å². The van der Waals surface area contributed by atoms with Crippen molar-refractivity contribution in [1.29, 1.82) is 0 Å². The molecule has 5 heteroatoms. The first-order valence-corrected chi connectivity index (χ1v) is 8.82. The maximum atomic E-state index is 13.0. The molecule has 0 fully saturated rings. The number of nitrogens with one attached hydrogen (secondary N) is 1. The highest BCUT2D eigenvalue weighted by atomic mass is 19.1. The number of halogens is 1. The lowest BCUT2D eigenvalue weighted by atomic mass is 10.1. The second-order valence-electron chi connectivity index (χ2n) is 6.12. The smallest absolute Gasteiger partial charge is 0.162 e. The van der Waals surface area contributed by atoms with Gasteiger partial charge in [0.25, 0.3) is 0 Å². The Balaban J connectivity index is 1.66. The molecule has 136 valence electrons. The Morgan fingerprint density at radius 1 is 0.750 bits per heavy atom. The van der Waals surface area contributed by atoms with Gasteiger partial charge in [-0.15, -0.1) is 0 Å². The van der Waals surface area contributed by atoms with Crippen LogP contribution in [0.2, 0.25) is 0 Å². The Morgan fingerprint density at radius 3 is 2.07 bits per heavy atom. The molecule has 0 aliphatic rings. The van der Waals surface area contributed by atoms with Crippen molar-refractivity contribution in [2.24, 2.45) is 5.10 Å². The van der Waals surface area contributed by atoms with Gasteiger partial charge in [-0.3, -0.25) is 5.43 Å². The topological polar surface area (TPSA) is 50.2 Å². The summed E-state index contributed by atoms with van der Waals surface area (Å²) in [6, 6.07) is 27.7. The van der Waals surface area contributed by atoms with E-state index in [0.717, 1.165) is 22.4 Å². The van der Waals surface area contributed by atoms with Crippen molar-refractivity contribution in [2.45, 2.75) is 0 Å². The third-order valence-corrected chi connectivity index (χ3v) is 4.09. The molecular formula is C23H17FN4. The highest BCUT2D eigenvalue weighted by Gasteiger charge is 2.08. The van der Waals surface area contributed by atoms with E-state index in [1.807, 2.05) is 66.7 Å². The summed E-state index contributed by atoms with van der Waals surface area (Å²) >= 11 is 0. The summed E-state index contributed by atoms with van der Waals surface area (Å²) in [5.41, 5.74) is 6.45. The number of nitrogens with zero attached hydrogens (tertiary/aromatic N) is 3. The molecule has 4 aromatic rings. The molecule has 4 rings (SSSR count). The van der Waals surface area contributed by atoms with Gasteiger partial charge >= 0.3 is 0 Å². The van der Waals surface area contributed by atoms with Crippen LogP contribution in [0.3, 0.4) is 0 Å². The molecule has 3 aromatic carbocycles. The fourth-order valence-electron chi connectivity index (χ4n) is 2.70. The second kappa shape index (κ2) is 8.22. The van der Waals surface area contributed by atoms with Gasteiger partial charge in [0.2, 0.25) is 0 Å². The van der Waals surface area contributed by atoms with Crippen molar-refractivity contribution in [1.82, 2.24) is 9.97 Å². The average molecular weight is 368 g/mol. The summed E-state index contributed by atoms with van der Waals surface area (Å²) in [6.07, 6.45) is 1.62. The van der Waals surface area contributed by atoms with Gasteiger partial charge in [-0.05, 0) is 17.7 Å². The van der Waals surface area contributed by atoms with Crippen LogP contribution in [0.5, 0.6) is 0 Å². The molecular weight excluding hydrogens is 351 g/mol. The Kier molecular flexibility index (Phi) is 5.15. The van der Waals surface area contributed by atoms with Crippen LogP contribution in [-0.4, -0.2) is 16.2 Å². The minimum absolute atomic E-state index is 0.277. The van der Waals surface area contributed by atoms with E-state index in [-0.39, 0.29) is 5.82 Å². The summed E-state index contributed by atoms with van der Waals surface area (Å²) in [6.45, 7) is 0. The molecule has 28 heavy (non-hydrogen) atoms. The fraction of sp³-hybridized carbons (Fsp3) is 0. The highest BCUT2D eigenvalue weighted by Crippen LogP contribution is 2.24. The molecule has 0 spiro atoms. The van der Waals surface area contributed by atoms with Crippen LogP contribution in [0, 0.1) is 5.82 Å². The molecule has 0 atom stereocenters. The summed E-state index contributed by atoms with van der Waals surface area (Å²) < 4.78 is 13.0. The van der Waals surface area contributed by atoms with Gasteiger partial charge in [0, 0.05) is 17.2 Å². The van der Waals surface area contributed by atoms with Crippen molar-refractivity contribution < 1.29 is 4.39 Å². The van der Waals surface area contributed by atoms with Crippen LogP contribution in [0.1, 0.15) is 5.56 Å². The van der Waals surface area contributed by atoms with Crippen LogP contribution in [0.15, 0.2) is 96.1 Å². The van der Waals surface area contributed by atoms with Crippen LogP contribution < -0.4 is 5.43 Å². The quantitative estimate of drug-likeness (QED) is 0.379. The Bertz CT molecular complexity index is 1020. The zero-order chi connectivity index (χ0) is 19.2. The van der Waals surface area contributed by atoms with Crippen molar-refractivity contribution in [2.75, 3.05) is 5.43 Å². The molecule has 0 bridgehead atoms. The monoisotopic (exact) mass is 368 g/mol. The average Bonchev–Trinajstić information content (AvgIpc) is 2.76. The number of rotatable bonds is 5. The van der Waals surface area contributed by atoms with Gasteiger partial charge in [0.15, 0.2) is 11.6 Å². The lowest BCUT2D eigenvalue weighted by Gasteiger charge is -2.08. The zero-order valence-corrected chi connectivity index (χ0v) is 15.0. The van der Waals surface area contributed by atoms with E-state index in [4.69, 9.17) is 4.98 Å². The van der Waals surface area contributed by atoms with Crippen molar-refractivity contribution in [3.8, 4) is 22.6 Å². The van der Waals surface area contributed by atoms with E-state index < -0.39 is 0 Å². The van der Waals surface area contributed by atoms with E-state index in [9.17, 15) is 4.39 Å². The van der Waals surface area contributed by atoms with E-state index in [1.165, 1.54) is 12.1 Å². The third kappa shape index (κ3) is 4.27. The fourth-order valence-corrected chi connectivity index (χ4v) is 2.70. The second-order valence-corrected chi connectivity index (χ2v) is 6.12. The number of aromatic nitrogens is 2. The van der Waals surface area contributed by atoms with E-state index in [1.54, 1.807) is 18.3 Å². The lowest BCUT2D eigenvalue weighted by Crippen LogP contribution is -1.99. The molecule has 0 saturated carbocycles. The van der Waals surface area contributed by atoms with E-state index in [0.29, 0.717) is 11.6 Å². The number of hydrogen-bond donors (Lipinski definition) is 1. The lowest BCUT2D eigenvalue weighted by molar-refractivity contribution is 0.628. The maximum Gasteiger partial charge on any atom is 0.162 e. The summed E-state index contributed by atoms with van der Waals surface area (Å²) in [4.78, 5) is 9.28. The minimum Gasteiger partial charge on any atom is -0.261 e. The molecule has 0 aliphatic heterocycles. The Labute approximate surface area is 162 Å². The zero-order valence-electron chi connectivity index (χ0n) is 15.0. The number of hydrogen-bond acceptors (Lipinski definition) is 4. The SMILES string of the molecule is Fc1ccc(/C=N/Nc2cc(-c3ccccc3)nc(-c3ccccc3)n2)cc1. The standard InChI is InChI=1S/C23H17FN4/c24-20-13-11-17(12-14-20)16-25-28-22-15-21(18-7-3-1-4-8-18)26-23(27-22)19-9-5-2-6-10-19/h1-16H,(H,26,27,28)/b25-16+. The first-order valence-electron chi connectivity index (χ1n) is 8.82. The summed E-state index contributed by atoms with van der Waals surface area (Å²) in [5.74, 6) is 0.911. The van der Waals surface area contributed by atoms with Crippen LogP contribution in [-0.2, 0) is 0 Å². The number of benzene rings is 3. The molecule has 0 radical (unpaired) electrons. The summed E-state index contributed by atoms with van der Waals surface area (Å²) in [5, 5.41) is 4.22. The largest absolute Gasteiger partial charge is 0.261 e. The molecule has 1 aromatic heterocycles. The molecule has 4 nitrogen and oxygen atoms in total. The highest BCUT2D eigenvalue weighted by molar-refractivity contribution is 5.80. The predicted molar refractivity (Wildman–Crippen MR) is 111 cm³/mol. The van der Waals surface area contributed by atoms with Gasteiger partial charge in [-0.2, -0.15) is 5.10 Å². The van der Waals surface area contributed by atoms with Gasteiger partial charge < -0.3 is 0 Å². The van der Waals surface area contributed by atoms with E-state index >= 15 is 0 Å². The normalized spacial score (nSPS) is 10.9. The van der Waals surface area contributed by atoms with Crippen LogP contribution in [0.25, 0.3) is 22.6 Å². The van der Waals surface area contributed by atoms with Crippen LogP contribution in [0.4, 0.5) is 10.2 Å². The molecule has 0 saturated heterocycles. The molecule has 1 heterocycles. The van der Waals surface area contributed by atoms with Gasteiger partial charge in [0.05, 0.1) is 11.9 Å². The first kappa shape index (κ1) is 17.5. The third-order valence-electron chi connectivity index (χ3n) is 4.09. The Morgan fingerprint density at radius 2 is 1.39 bits per heavy atom. The molecule has 0 amide bonds. The minimum atomic E-state index is -0.277. The van der Waals surface area contributed by atoms with Crippen molar-refractivity contribution >= 4 is 12.0 Å². The van der Waals surface area contributed by atoms with Crippen LogP contribution >= 0.6 is 0 Å². The Hall–Kier alpha value is -3.86.